The van der Waals surface area contributed by atoms with Gasteiger partial charge in [0.05, 0.1) is 13.2 Å². The maximum atomic E-state index is 12.6. The van der Waals surface area contributed by atoms with Gasteiger partial charge in [0.1, 0.15) is 0 Å². The Balaban J connectivity index is 1.37. The molecular weight excluding hydrogens is 320 g/mol. The van der Waals surface area contributed by atoms with Crippen molar-refractivity contribution in [3.05, 3.63) is 23.8 Å². The van der Waals surface area contributed by atoms with E-state index < -0.39 is 0 Å². The molecule has 0 unspecified atom stereocenters. The summed E-state index contributed by atoms with van der Waals surface area (Å²) in [6.45, 7) is 5.80. The first kappa shape index (κ1) is 16.2. The monoisotopic (exact) mass is 344 g/mol. The van der Waals surface area contributed by atoms with Gasteiger partial charge < -0.3 is 24.8 Å². The maximum Gasteiger partial charge on any atom is 0.320 e. The van der Waals surface area contributed by atoms with Crippen LogP contribution in [0.25, 0.3) is 0 Å². The summed E-state index contributed by atoms with van der Waals surface area (Å²) in [4.78, 5) is 30.2. The number of anilines is 2. The zero-order valence-electron chi connectivity index (χ0n) is 14.4. The fourth-order valence-electron chi connectivity index (χ4n) is 3.68. The van der Waals surface area contributed by atoms with E-state index in [9.17, 15) is 9.59 Å². The van der Waals surface area contributed by atoms with Crippen molar-refractivity contribution >= 4 is 23.3 Å². The van der Waals surface area contributed by atoms with Crippen LogP contribution in [0.5, 0.6) is 0 Å². The molecule has 25 heavy (non-hydrogen) atoms. The van der Waals surface area contributed by atoms with Gasteiger partial charge in [-0.05, 0) is 30.2 Å². The summed E-state index contributed by atoms with van der Waals surface area (Å²) in [5, 5.41) is 2.92. The van der Waals surface area contributed by atoms with Crippen molar-refractivity contribution in [2.75, 3.05) is 62.7 Å². The fraction of sp³-hybridized carbons (Fsp3) is 0.556. The molecule has 2 fully saturated rings. The van der Waals surface area contributed by atoms with E-state index in [1.807, 2.05) is 15.9 Å². The molecule has 2 saturated heterocycles. The number of hydrogen-bond acceptors (Lipinski definition) is 4. The molecule has 0 aromatic heterocycles. The Labute approximate surface area is 147 Å². The van der Waals surface area contributed by atoms with E-state index in [0.29, 0.717) is 32.7 Å². The number of benzene rings is 1. The second-order valence-corrected chi connectivity index (χ2v) is 6.75. The van der Waals surface area contributed by atoms with Gasteiger partial charge in [0.25, 0.3) is 0 Å². The van der Waals surface area contributed by atoms with Gasteiger partial charge in [0.2, 0.25) is 5.91 Å². The molecule has 1 aromatic rings. The van der Waals surface area contributed by atoms with Gasteiger partial charge in [0, 0.05) is 57.1 Å². The number of nitrogens with zero attached hydrogens (tertiary/aromatic N) is 3. The highest BCUT2D eigenvalue weighted by atomic mass is 16.5. The third kappa shape index (κ3) is 3.42. The molecule has 0 saturated carbocycles. The first-order valence-corrected chi connectivity index (χ1v) is 9.00. The van der Waals surface area contributed by atoms with Crippen LogP contribution < -0.4 is 10.2 Å². The van der Waals surface area contributed by atoms with Crippen LogP contribution in [-0.2, 0) is 16.0 Å². The van der Waals surface area contributed by atoms with Crippen LogP contribution in [0.4, 0.5) is 16.2 Å². The van der Waals surface area contributed by atoms with Gasteiger partial charge in [-0.1, -0.05) is 0 Å². The van der Waals surface area contributed by atoms with Gasteiger partial charge in [-0.15, -0.1) is 0 Å². The number of amides is 3. The molecule has 134 valence electrons. The Bertz CT molecular complexity index is 664. The highest BCUT2D eigenvalue weighted by Gasteiger charge is 2.27. The number of aryl methyl sites for hydroxylation is 1. The average molecular weight is 344 g/mol. The molecule has 0 spiro atoms. The Morgan fingerprint density at radius 2 is 1.68 bits per heavy atom. The Morgan fingerprint density at radius 3 is 2.44 bits per heavy atom. The lowest BCUT2D eigenvalue weighted by atomic mass is 10.0. The number of rotatable bonds is 1. The molecule has 3 amide bonds. The zero-order chi connectivity index (χ0) is 17.2. The predicted octanol–water partition coefficient (Wildman–Crippen LogP) is 1.15. The Kier molecular flexibility index (Phi) is 4.48. The second kappa shape index (κ2) is 6.92. The lowest BCUT2D eigenvalue weighted by Gasteiger charge is -2.39. The highest BCUT2D eigenvalue weighted by molar-refractivity contribution is 5.94. The number of carbonyl (C=O) groups excluding carboxylic acids is 2. The van der Waals surface area contributed by atoms with Gasteiger partial charge in [-0.2, -0.15) is 0 Å². The minimum absolute atomic E-state index is 0.0930. The topological polar surface area (TPSA) is 65.1 Å². The summed E-state index contributed by atoms with van der Waals surface area (Å²) >= 11 is 0. The Morgan fingerprint density at radius 1 is 0.960 bits per heavy atom. The quantitative estimate of drug-likeness (QED) is 0.830. The van der Waals surface area contributed by atoms with Crippen molar-refractivity contribution in [1.82, 2.24) is 9.80 Å². The molecule has 3 heterocycles. The van der Waals surface area contributed by atoms with E-state index in [1.165, 1.54) is 11.3 Å². The van der Waals surface area contributed by atoms with Crippen molar-refractivity contribution in [1.29, 1.82) is 0 Å². The molecule has 7 nitrogen and oxygen atoms in total. The molecule has 1 N–H and O–H groups in total. The third-order valence-electron chi connectivity index (χ3n) is 5.18. The van der Waals surface area contributed by atoms with Crippen molar-refractivity contribution in [3.63, 3.8) is 0 Å². The van der Waals surface area contributed by atoms with Crippen LogP contribution in [0.1, 0.15) is 12.0 Å². The molecule has 3 aliphatic heterocycles. The first-order valence-electron chi connectivity index (χ1n) is 9.00. The molecule has 0 radical (unpaired) electrons. The minimum Gasteiger partial charge on any atom is -0.378 e. The number of hydrogen-bond donors (Lipinski definition) is 1. The maximum absolute atomic E-state index is 12.6. The number of morpholine rings is 1. The predicted molar refractivity (Wildman–Crippen MR) is 95.0 cm³/mol. The smallest absolute Gasteiger partial charge is 0.320 e. The lowest BCUT2D eigenvalue weighted by molar-refractivity contribution is -0.116. The first-order chi connectivity index (χ1) is 12.2. The molecule has 1 aromatic carbocycles. The average Bonchev–Trinajstić information content (AvgIpc) is 2.68. The van der Waals surface area contributed by atoms with Crippen LogP contribution >= 0.6 is 0 Å². The van der Waals surface area contributed by atoms with Crippen molar-refractivity contribution < 1.29 is 14.3 Å². The molecule has 0 aliphatic carbocycles. The number of fused-ring (bicyclic) bond motifs is 1. The van der Waals surface area contributed by atoms with Crippen molar-refractivity contribution in [2.24, 2.45) is 0 Å². The summed E-state index contributed by atoms with van der Waals surface area (Å²) in [5.74, 6) is 0.0930. The van der Waals surface area contributed by atoms with E-state index in [-0.39, 0.29) is 11.9 Å². The van der Waals surface area contributed by atoms with Crippen LogP contribution in [0.15, 0.2) is 18.2 Å². The number of ether oxygens (including phenoxy) is 1. The molecule has 0 atom stereocenters. The molecular formula is C18H24N4O3. The minimum atomic E-state index is 0.0930. The number of urea groups is 1. The van der Waals surface area contributed by atoms with E-state index in [0.717, 1.165) is 38.3 Å². The molecule has 7 heteroatoms. The van der Waals surface area contributed by atoms with Crippen LogP contribution in [0.3, 0.4) is 0 Å². The highest BCUT2D eigenvalue weighted by Crippen LogP contribution is 2.28. The molecule has 3 aliphatic rings. The van der Waals surface area contributed by atoms with E-state index in [4.69, 9.17) is 4.74 Å². The second-order valence-electron chi connectivity index (χ2n) is 6.75. The number of carbonyl (C=O) groups is 2. The van der Waals surface area contributed by atoms with Crippen molar-refractivity contribution in [2.45, 2.75) is 12.8 Å². The third-order valence-corrected chi connectivity index (χ3v) is 5.18. The van der Waals surface area contributed by atoms with E-state index in [2.05, 4.69) is 22.3 Å². The summed E-state index contributed by atoms with van der Waals surface area (Å²) in [7, 11) is 0. The van der Waals surface area contributed by atoms with Crippen LogP contribution in [0, 0.1) is 0 Å². The van der Waals surface area contributed by atoms with Gasteiger partial charge in [-0.25, -0.2) is 4.79 Å². The van der Waals surface area contributed by atoms with E-state index >= 15 is 0 Å². The largest absolute Gasteiger partial charge is 0.378 e. The summed E-state index contributed by atoms with van der Waals surface area (Å²) in [5.41, 5.74) is 3.30. The molecule has 0 bridgehead atoms. The van der Waals surface area contributed by atoms with Gasteiger partial charge in [0.15, 0.2) is 0 Å². The SMILES string of the molecule is O=C1CCc2cc(N3CCN(C(=O)N4CCOCC4)CC3)ccc2N1. The summed E-state index contributed by atoms with van der Waals surface area (Å²) < 4.78 is 5.32. The van der Waals surface area contributed by atoms with Crippen molar-refractivity contribution in [3.8, 4) is 0 Å². The van der Waals surface area contributed by atoms with Crippen LogP contribution in [0.2, 0.25) is 0 Å². The lowest BCUT2D eigenvalue weighted by Crippen LogP contribution is -2.54. The molecule has 4 rings (SSSR count). The van der Waals surface area contributed by atoms with Gasteiger partial charge in [-0.3, -0.25) is 4.79 Å². The fourth-order valence-corrected chi connectivity index (χ4v) is 3.68. The Hall–Kier alpha value is -2.28. The normalized spacial score (nSPS) is 21.0. The van der Waals surface area contributed by atoms with E-state index in [1.54, 1.807) is 0 Å². The standard InChI is InChI=1S/C18H24N4O3/c23-17-4-1-14-13-15(2-3-16(14)19-17)20-5-7-21(8-6-20)18(24)22-9-11-25-12-10-22/h2-3,13H,1,4-12H2,(H,19,23). The van der Waals surface area contributed by atoms with Crippen LogP contribution in [-0.4, -0.2) is 74.2 Å². The summed E-state index contributed by atoms with van der Waals surface area (Å²) in [6.07, 6.45) is 1.35. The van der Waals surface area contributed by atoms with Gasteiger partial charge >= 0.3 is 6.03 Å². The summed E-state index contributed by atoms with van der Waals surface area (Å²) in [6, 6.07) is 6.36. The zero-order valence-corrected chi connectivity index (χ0v) is 14.4. The number of nitrogens with one attached hydrogen (secondary N) is 1. The number of piperazine rings is 1.